The average molecular weight is 280 g/mol. The highest BCUT2D eigenvalue weighted by molar-refractivity contribution is 5.98. The van der Waals surface area contributed by atoms with Gasteiger partial charge in [-0.3, -0.25) is 14.9 Å². The van der Waals surface area contributed by atoms with Crippen molar-refractivity contribution in [2.45, 2.75) is 12.8 Å². The molecule has 0 saturated carbocycles. The predicted molar refractivity (Wildman–Crippen MR) is 71.0 cm³/mol. The van der Waals surface area contributed by atoms with Crippen LogP contribution in [0.1, 0.15) is 23.2 Å². The van der Waals surface area contributed by atoms with E-state index in [2.05, 4.69) is 4.98 Å². The Morgan fingerprint density at radius 3 is 2.75 bits per heavy atom. The van der Waals surface area contributed by atoms with Crippen molar-refractivity contribution in [2.75, 3.05) is 25.4 Å². The average Bonchev–Trinajstić information content (AvgIpc) is 2.47. The number of aromatic nitrogens is 1. The quantitative estimate of drug-likeness (QED) is 0.611. The fourth-order valence-corrected chi connectivity index (χ4v) is 2.22. The van der Waals surface area contributed by atoms with Crippen LogP contribution in [0, 0.1) is 16.0 Å². The summed E-state index contributed by atoms with van der Waals surface area (Å²) in [5.74, 6) is -0.153. The molecule has 8 heteroatoms. The molecule has 1 amide bonds. The second-order valence-corrected chi connectivity index (χ2v) is 4.80. The van der Waals surface area contributed by atoms with Crippen LogP contribution in [0.4, 0.5) is 11.5 Å². The van der Waals surface area contributed by atoms with Gasteiger partial charge in [-0.25, -0.2) is 4.98 Å². The van der Waals surface area contributed by atoms with Gasteiger partial charge in [-0.05, 0) is 18.8 Å². The van der Waals surface area contributed by atoms with E-state index in [1.807, 2.05) is 0 Å². The van der Waals surface area contributed by atoms with E-state index in [0.29, 0.717) is 25.9 Å². The van der Waals surface area contributed by atoms with Crippen molar-refractivity contribution in [3.05, 3.63) is 27.9 Å². The Morgan fingerprint density at radius 2 is 2.20 bits per heavy atom. The van der Waals surface area contributed by atoms with E-state index in [1.165, 1.54) is 0 Å². The molecule has 0 atom stereocenters. The maximum absolute atomic E-state index is 12.3. The standard InChI is InChI=1S/C12H16N4O4/c13-11-10(5-9(6-14-11)16(19)20)12(18)15-3-1-8(7-17)2-4-15/h5-6,8,17H,1-4,7H2,(H2,13,14). The number of carbonyl (C=O) groups is 1. The SMILES string of the molecule is Nc1ncc([N+](=O)[O-])cc1C(=O)N1CCC(CO)CC1. The lowest BCUT2D eigenvalue weighted by atomic mass is 9.97. The predicted octanol–water partition coefficient (Wildman–Crippen LogP) is 0.416. The van der Waals surface area contributed by atoms with Gasteiger partial charge in [0.05, 0.1) is 10.5 Å². The molecular weight excluding hydrogens is 264 g/mol. The normalized spacial score (nSPS) is 16.1. The highest BCUT2D eigenvalue weighted by atomic mass is 16.6. The zero-order valence-corrected chi connectivity index (χ0v) is 10.9. The third-order valence-corrected chi connectivity index (χ3v) is 3.51. The number of nitrogens with two attached hydrogens (primary N) is 1. The van der Waals surface area contributed by atoms with Crippen LogP contribution < -0.4 is 5.73 Å². The molecule has 20 heavy (non-hydrogen) atoms. The first-order chi connectivity index (χ1) is 9.52. The number of hydrogen-bond donors (Lipinski definition) is 2. The molecule has 1 aromatic rings. The number of anilines is 1. The fourth-order valence-electron chi connectivity index (χ4n) is 2.22. The first-order valence-electron chi connectivity index (χ1n) is 6.33. The molecular formula is C12H16N4O4. The third kappa shape index (κ3) is 2.85. The summed E-state index contributed by atoms with van der Waals surface area (Å²) in [7, 11) is 0. The number of hydrogen-bond acceptors (Lipinski definition) is 6. The number of amides is 1. The lowest BCUT2D eigenvalue weighted by Crippen LogP contribution is -2.39. The Morgan fingerprint density at radius 1 is 1.55 bits per heavy atom. The van der Waals surface area contributed by atoms with Gasteiger partial charge < -0.3 is 15.7 Å². The topological polar surface area (TPSA) is 123 Å². The number of aliphatic hydroxyl groups is 1. The maximum atomic E-state index is 12.3. The summed E-state index contributed by atoms with van der Waals surface area (Å²) >= 11 is 0. The van der Waals surface area contributed by atoms with E-state index in [9.17, 15) is 14.9 Å². The van der Waals surface area contributed by atoms with Crippen LogP contribution in [0.25, 0.3) is 0 Å². The van der Waals surface area contributed by atoms with Crippen molar-refractivity contribution in [3.8, 4) is 0 Å². The largest absolute Gasteiger partial charge is 0.396 e. The molecule has 8 nitrogen and oxygen atoms in total. The van der Waals surface area contributed by atoms with Crippen molar-refractivity contribution in [3.63, 3.8) is 0 Å². The highest BCUT2D eigenvalue weighted by Gasteiger charge is 2.26. The first kappa shape index (κ1) is 14.2. The first-order valence-corrected chi connectivity index (χ1v) is 6.33. The molecule has 1 fully saturated rings. The summed E-state index contributed by atoms with van der Waals surface area (Å²) in [6, 6.07) is 1.16. The van der Waals surface area contributed by atoms with E-state index in [1.54, 1.807) is 4.90 Å². The van der Waals surface area contributed by atoms with Crippen LogP contribution in [0.15, 0.2) is 12.3 Å². The summed E-state index contributed by atoms with van der Waals surface area (Å²) in [6.07, 6.45) is 2.46. The van der Waals surface area contributed by atoms with Crippen molar-refractivity contribution >= 4 is 17.4 Å². The van der Waals surface area contributed by atoms with Crippen LogP contribution >= 0.6 is 0 Å². The summed E-state index contributed by atoms with van der Waals surface area (Å²) in [5, 5.41) is 19.8. The zero-order valence-electron chi connectivity index (χ0n) is 10.9. The molecule has 108 valence electrons. The number of aliphatic hydroxyl groups excluding tert-OH is 1. The molecule has 0 aliphatic carbocycles. The van der Waals surface area contributed by atoms with E-state index in [4.69, 9.17) is 10.8 Å². The second-order valence-electron chi connectivity index (χ2n) is 4.80. The minimum atomic E-state index is -0.610. The highest BCUT2D eigenvalue weighted by Crippen LogP contribution is 2.22. The monoisotopic (exact) mass is 280 g/mol. The molecule has 0 aromatic carbocycles. The fraction of sp³-hybridized carbons (Fsp3) is 0.500. The van der Waals surface area contributed by atoms with Crippen LogP contribution in [0.3, 0.4) is 0 Å². The summed E-state index contributed by atoms with van der Waals surface area (Å²) in [4.78, 5) is 27.7. The van der Waals surface area contributed by atoms with Gasteiger partial charge in [-0.15, -0.1) is 0 Å². The molecule has 1 aliphatic heterocycles. The van der Waals surface area contributed by atoms with E-state index >= 15 is 0 Å². The molecule has 0 unspecified atom stereocenters. The number of likely N-dealkylation sites (tertiary alicyclic amines) is 1. The Bertz CT molecular complexity index is 526. The van der Waals surface area contributed by atoms with Crippen molar-refractivity contribution in [1.29, 1.82) is 0 Å². The zero-order chi connectivity index (χ0) is 14.7. The number of nitro groups is 1. The smallest absolute Gasteiger partial charge is 0.288 e. The minimum absolute atomic E-state index is 0.00937. The van der Waals surface area contributed by atoms with E-state index in [-0.39, 0.29) is 35.5 Å². The van der Waals surface area contributed by atoms with Crippen molar-refractivity contribution in [2.24, 2.45) is 5.92 Å². The number of nitrogens with zero attached hydrogens (tertiary/aromatic N) is 3. The number of piperidine rings is 1. The molecule has 1 saturated heterocycles. The van der Waals surface area contributed by atoms with Crippen LogP contribution in [0.2, 0.25) is 0 Å². The Balaban J connectivity index is 2.17. The lowest BCUT2D eigenvalue weighted by molar-refractivity contribution is -0.385. The van der Waals surface area contributed by atoms with Crippen molar-refractivity contribution < 1.29 is 14.8 Å². The number of rotatable bonds is 3. The summed E-state index contributed by atoms with van der Waals surface area (Å²) < 4.78 is 0. The lowest BCUT2D eigenvalue weighted by Gasteiger charge is -2.31. The Kier molecular flexibility index (Phi) is 4.14. The van der Waals surface area contributed by atoms with Gasteiger partial charge in [0, 0.05) is 25.8 Å². The molecule has 2 rings (SSSR count). The van der Waals surface area contributed by atoms with Gasteiger partial charge in [-0.2, -0.15) is 0 Å². The van der Waals surface area contributed by atoms with Gasteiger partial charge in [0.2, 0.25) is 0 Å². The van der Waals surface area contributed by atoms with E-state index < -0.39 is 4.92 Å². The summed E-state index contributed by atoms with van der Waals surface area (Å²) in [6.45, 7) is 1.13. The second kappa shape index (κ2) is 5.83. The molecule has 1 aromatic heterocycles. The van der Waals surface area contributed by atoms with Gasteiger partial charge >= 0.3 is 0 Å². The summed E-state index contributed by atoms with van der Waals surface area (Å²) in [5.41, 5.74) is 5.43. The molecule has 0 bridgehead atoms. The Labute approximate surface area is 115 Å². The van der Waals surface area contributed by atoms with Crippen molar-refractivity contribution in [1.82, 2.24) is 9.88 Å². The number of nitrogen functional groups attached to an aromatic ring is 1. The van der Waals surface area contributed by atoms with Crippen LogP contribution in [-0.2, 0) is 0 Å². The van der Waals surface area contributed by atoms with Gasteiger partial charge in [0.25, 0.3) is 11.6 Å². The van der Waals surface area contributed by atoms with Gasteiger partial charge in [-0.1, -0.05) is 0 Å². The maximum Gasteiger partial charge on any atom is 0.288 e. The van der Waals surface area contributed by atoms with Gasteiger partial charge in [0.15, 0.2) is 0 Å². The molecule has 2 heterocycles. The van der Waals surface area contributed by atoms with Gasteiger partial charge in [0.1, 0.15) is 12.0 Å². The minimum Gasteiger partial charge on any atom is -0.396 e. The molecule has 3 N–H and O–H groups in total. The van der Waals surface area contributed by atoms with Crippen LogP contribution in [-0.4, -0.2) is 45.5 Å². The number of carbonyl (C=O) groups excluding carboxylic acids is 1. The Hall–Kier alpha value is -2.22. The third-order valence-electron chi connectivity index (χ3n) is 3.51. The van der Waals surface area contributed by atoms with E-state index in [0.717, 1.165) is 12.3 Å². The van der Waals surface area contributed by atoms with Crippen LogP contribution in [0.5, 0.6) is 0 Å². The molecule has 0 spiro atoms. The molecule has 0 radical (unpaired) electrons. The molecule has 1 aliphatic rings. The number of pyridine rings is 1.